The highest BCUT2D eigenvalue weighted by atomic mass is 32.2. The molecule has 0 aromatic heterocycles. The van der Waals surface area contributed by atoms with E-state index < -0.39 is 10.1 Å². The lowest BCUT2D eigenvalue weighted by atomic mass is 10.1. The molecule has 2 aromatic carbocycles. The number of hydrogen-bond donors (Lipinski definition) is 2. The van der Waals surface area contributed by atoms with Gasteiger partial charge in [0.1, 0.15) is 4.90 Å². The first kappa shape index (κ1) is 13.3. The molecule has 0 spiro atoms. The molecule has 0 aliphatic rings. The minimum atomic E-state index is -4.26. The largest absolute Gasteiger partial charge is 0.398 e. The zero-order valence-electron chi connectivity index (χ0n) is 10.0. The summed E-state index contributed by atoms with van der Waals surface area (Å²) in [5, 5.41) is 0. The number of nitrogens with two attached hydrogens (primary N) is 1. The van der Waals surface area contributed by atoms with Gasteiger partial charge in [-0.15, -0.1) is 0 Å². The minimum absolute atomic E-state index is 0.158. The number of rotatable bonds is 3. The van der Waals surface area contributed by atoms with Gasteiger partial charge in [0.05, 0.1) is 0 Å². The second-order valence-corrected chi connectivity index (χ2v) is 5.37. The Hall–Kier alpha value is -2.11. The second-order valence-electron chi connectivity index (χ2n) is 3.98. The Kier molecular flexibility index (Phi) is 3.69. The second kappa shape index (κ2) is 5.26. The Morgan fingerprint density at radius 1 is 1.00 bits per heavy atom. The maximum Gasteiger partial charge on any atom is 0.295 e. The van der Waals surface area contributed by atoms with Crippen molar-refractivity contribution in [2.75, 3.05) is 0 Å². The lowest BCUT2D eigenvalue weighted by Crippen LogP contribution is -2.02. The highest BCUT2D eigenvalue weighted by Crippen LogP contribution is 2.20. The molecular formula is C14H13NO3S. The average molecular weight is 275 g/mol. The van der Waals surface area contributed by atoms with E-state index in [-0.39, 0.29) is 4.90 Å². The Bertz CT molecular complexity index is 706. The summed E-state index contributed by atoms with van der Waals surface area (Å²) in [5.74, 6) is 0. The van der Waals surface area contributed by atoms with Gasteiger partial charge in [0.2, 0.25) is 0 Å². The van der Waals surface area contributed by atoms with Crippen molar-refractivity contribution >= 4 is 21.9 Å². The smallest absolute Gasteiger partial charge is 0.295 e. The summed E-state index contributed by atoms with van der Waals surface area (Å²) >= 11 is 0. The molecule has 5 heteroatoms. The van der Waals surface area contributed by atoms with E-state index in [1.807, 2.05) is 30.3 Å². The van der Waals surface area contributed by atoms with Crippen LogP contribution in [0.15, 0.2) is 59.5 Å². The molecule has 0 aliphatic heterocycles. The molecule has 0 aliphatic carbocycles. The molecule has 2 rings (SSSR count). The first-order valence-corrected chi connectivity index (χ1v) is 7.01. The molecule has 0 saturated heterocycles. The predicted octanol–water partition coefficient (Wildman–Crippen LogP) is 2.39. The lowest BCUT2D eigenvalue weighted by molar-refractivity contribution is 0.483. The third-order valence-corrected chi connectivity index (χ3v) is 3.54. The normalized spacial score (nSPS) is 12.4. The summed E-state index contributed by atoms with van der Waals surface area (Å²) in [4.78, 5) is -0.158. The van der Waals surface area contributed by atoms with Crippen LogP contribution in [0.25, 0.3) is 11.8 Å². The van der Waals surface area contributed by atoms with E-state index >= 15 is 0 Å². The number of hydrogen-bond acceptors (Lipinski definition) is 3. The van der Waals surface area contributed by atoms with Gasteiger partial charge in [-0.1, -0.05) is 48.5 Å². The van der Waals surface area contributed by atoms with Crippen molar-refractivity contribution in [1.29, 1.82) is 0 Å². The monoisotopic (exact) mass is 275 g/mol. The SMILES string of the molecule is NC(=Cc1ccccc1S(=O)(=O)O)c1ccccc1. The molecule has 0 bridgehead atoms. The number of benzene rings is 2. The van der Waals surface area contributed by atoms with Crippen LogP contribution in [0.2, 0.25) is 0 Å². The summed E-state index contributed by atoms with van der Waals surface area (Å²) in [7, 11) is -4.26. The summed E-state index contributed by atoms with van der Waals surface area (Å²) in [6.45, 7) is 0. The molecule has 0 atom stereocenters. The first-order chi connectivity index (χ1) is 8.98. The van der Waals surface area contributed by atoms with Crippen LogP contribution in [-0.2, 0) is 10.1 Å². The molecule has 4 nitrogen and oxygen atoms in total. The van der Waals surface area contributed by atoms with Crippen LogP contribution in [0.1, 0.15) is 11.1 Å². The fourth-order valence-corrected chi connectivity index (χ4v) is 2.39. The standard InChI is InChI=1S/C14H13NO3S/c15-13(11-6-2-1-3-7-11)10-12-8-4-5-9-14(12)19(16,17)18/h1-10H,15H2,(H,16,17,18). The van der Waals surface area contributed by atoms with Gasteiger partial charge in [-0.3, -0.25) is 4.55 Å². The molecule has 98 valence electrons. The molecule has 0 unspecified atom stereocenters. The zero-order valence-corrected chi connectivity index (χ0v) is 10.8. The van der Waals surface area contributed by atoms with Gasteiger partial charge >= 0.3 is 0 Å². The maximum atomic E-state index is 11.3. The van der Waals surface area contributed by atoms with Gasteiger partial charge in [-0.2, -0.15) is 8.42 Å². The van der Waals surface area contributed by atoms with Crippen molar-refractivity contribution in [3.63, 3.8) is 0 Å². The van der Waals surface area contributed by atoms with Crippen molar-refractivity contribution in [3.05, 3.63) is 65.7 Å². The van der Waals surface area contributed by atoms with Crippen LogP contribution in [0.3, 0.4) is 0 Å². The van der Waals surface area contributed by atoms with E-state index in [4.69, 9.17) is 10.3 Å². The summed E-state index contributed by atoms with van der Waals surface area (Å²) < 4.78 is 31.7. The maximum absolute atomic E-state index is 11.3. The highest BCUT2D eigenvalue weighted by molar-refractivity contribution is 7.85. The molecule has 2 aromatic rings. The van der Waals surface area contributed by atoms with E-state index in [9.17, 15) is 8.42 Å². The van der Waals surface area contributed by atoms with Crippen molar-refractivity contribution in [1.82, 2.24) is 0 Å². The third-order valence-electron chi connectivity index (χ3n) is 2.62. The summed E-state index contributed by atoms with van der Waals surface area (Å²) in [6.07, 6.45) is 1.53. The van der Waals surface area contributed by atoms with Gasteiger partial charge in [-0.05, 0) is 23.3 Å². The summed E-state index contributed by atoms with van der Waals surface area (Å²) in [6, 6.07) is 15.3. The molecule has 0 radical (unpaired) electrons. The van der Waals surface area contributed by atoms with Crippen LogP contribution in [0, 0.1) is 0 Å². The van der Waals surface area contributed by atoms with Gasteiger partial charge in [-0.25, -0.2) is 0 Å². The van der Waals surface area contributed by atoms with Crippen LogP contribution in [0.4, 0.5) is 0 Å². The van der Waals surface area contributed by atoms with Gasteiger partial charge in [0.15, 0.2) is 0 Å². The molecule has 0 fully saturated rings. The molecule has 19 heavy (non-hydrogen) atoms. The quantitative estimate of drug-likeness (QED) is 0.665. The molecule has 0 amide bonds. The predicted molar refractivity (Wildman–Crippen MR) is 74.8 cm³/mol. The molecular weight excluding hydrogens is 262 g/mol. The highest BCUT2D eigenvalue weighted by Gasteiger charge is 2.13. The van der Waals surface area contributed by atoms with Gasteiger partial charge in [0.25, 0.3) is 10.1 Å². The topological polar surface area (TPSA) is 80.4 Å². The lowest BCUT2D eigenvalue weighted by Gasteiger charge is -2.05. The third kappa shape index (κ3) is 3.21. The fraction of sp³-hybridized carbons (Fsp3) is 0. The van der Waals surface area contributed by atoms with E-state index in [1.54, 1.807) is 18.2 Å². The van der Waals surface area contributed by atoms with E-state index in [0.717, 1.165) is 5.56 Å². The van der Waals surface area contributed by atoms with Crippen molar-refractivity contribution in [2.45, 2.75) is 4.90 Å². The molecule has 0 saturated carbocycles. The molecule has 0 heterocycles. The van der Waals surface area contributed by atoms with Gasteiger partial charge < -0.3 is 5.73 Å². The first-order valence-electron chi connectivity index (χ1n) is 5.57. The Morgan fingerprint density at radius 3 is 2.21 bits per heavy atom. The van der Waals surface area contributed by atoms with Crippen LogP contribution in [0.5, 0.6) is 0 Å². The Morgan fingerprint density at radius 2 is 1.58 bits per heavy atom. The minimum Gasteiger partial charge on any atom is -0.398 e. The van der Waals surface area contributed by atoms with Crippen LogP contribution >= 0.6 is 0 Å². The zero-order chi connectivity index (χ0) is 13.9. The van der Waals surface area contributed by atoms with E-state index in [1.165, 1.54) is 12.1 Å². The fourth-order valence-electron chi connectivity index (χ4n) is 1.72. The van der Waals surface area contributed by atoms with Crippen molar-refractivity contribution < 1.29 is 13.0 Å². The van der Waals surface area contributed by atoms with E-state index in [0.29, 0.717) is 11.3 Å². The molecule has 3 N–H and O–H groups in total. The Labute approximate surface area is 111 Å². The van der Waals surface area contributed by atoms with Gasteiger partial charge in [0, 0.05) is 5.70 Å². The van der Waals surface area contributed by atoms with Crippen LogP contribution in [-0.4, -0.2) is 13.0 Å². The Balaban J connectivity index is 2.50. The van der Waals surface area contributed by atoms with Crippen molar-refractivity contribution in [2.24, 2.45) is 5.73 Å². The van der Waals surface area contributed by atoms with Crippen molar-refractivity contribution in [3.8, 4) is 0 Å². The van der Waals surface area contributed by atoms with Crippen LogP contribution < -0.4 is 5.73 Å². The van der Waals surface area contributed by atoms with E-state index in [2.05, 4.69) is 0 Å². The average Bonchev–Trinajstić information content (AvgIpc) is 2.39. The summed E-state index contributed by atoms with van der Waals surface area (Å²) in [5.41, 5.74) is 7.49.